The molecule has 0 radical (unpaired) electrons. The fourth-order valence-corrected chi connectivity index (χ4v) is 3.62. The van der Waals surface area contributed by atoms with E-state index >= 15 is 0 Å². The van der Waals surface area contributed by atoms with Crippen molar-refractivity contribution in [3.8, 4) is 17.2 Å². The molecule has 226 valence electrons. The van der Waals surface area contributed by atoms with E-state index in [1.54, 1.807) is 0 Å². The van der Waals surface area contributed by atoms with E-state index in [4.69, 9.17) is 23.7 Å². The van der Waals surface area contributed by atoms with Crippen LogP contribution in [0.5, 0.6) is 17.2 Å². The first-order chi connectivity index (χ1) is 20.0. The maximum absolute atomic E-state index is 14.4. The minimum atomic E-state index is -1.32. The Labute approximate surface area is 237 Å². The summed E-state index contributed by atoms with van der Waals surface area (Å²) in [6, 6.07) is 6.91. The molecular formula is C28H26F4O10. The Bertz CT molecular complexity index is 1310. The standard InChI is InChI=1S/C28H26F4O10/c1-16(29)26(33)40-14-37-20-7-9-22(23(31)11-20)28(35)42-19-5-3-18(4-6-19)36-13-39-25-10-8-21(12-24(25)32)38-15-41-27(34)17(2)30/h7-12,18-19H,1-6,13-15H2. The van der Waals surface area contributed by atoms with Gasteiger partial charge in [0, 0.05) is 12.1 Å². The lowest BCUT2D eigenvalue weighted by molar-refractivity contribution is -0.148. The van der Waals surface area contributed by atoms with Crippen LogP contribution >= 0.6 is 0 Å². The lowest BCUT2D eigenvalue weighted by atomic mass is 9.95. The highest BCUT2D eigenvalue weighted by atomic mass is 19.1. The minimum Gasteiger partial charge on any atom is -0.464 e. The van der Waals surface area contributed by atoms with Gasteiger partial charge in [0.15, 0.2) is 18.4 Å². The van der Waals surface area contributed by atoms with E-state index in [0.29, 0.717) is 25.7 Å². The van der Waals surface area contributed by atoms with Gasteiger partial charge in [-0.2, -0.15) is 8.78 Å². The summed E-state index contributed by atoms with van der Waals surface area (Å²) < 4.78 is 88.9. The van der Waals surface area contributed by atoms with Gasteiger partial charge in [0.25, 0.3) is 0 Å². The van der Waals surface area contributed by atoms with Crippen LogP contribution in [-0.2, 0) is 28.5 Å². The average Bonchev–Trinajstić information content (AvgIpc) is 2.94. The van der Waals surface area contributed by atoms with E-state index in [2.05, 4.69) is 22.6 Å². The number of halogens is 4. The molecule has 0 unspecified atom stereocenters. The van der Waals surface area contributed by atoms with Gasteiger partial charge in [-0.1, -0.05) is 13.2 Å². The van der Waals surface area contributed by atoms with E-state index in [-0.39, 0.29) is 35.7 Å². The van der Waals surface area contributed by atoms with Crippen LogP contribution in [0, 0.1) is 11.6 Å². The summed E-state index contributed by atoms with van der Waals surface area (Å²) in [6.07, 6.45) is 1.15. The second-order valence-corrected chi connectivity index (χ2v) is 8.66. The van der Waals surface area contributed by atoms with E-state index in [9.17, 15) is 31.9 Å². The fraction of sp³-hybridized carbons (Fsp3) is 0.321. The summed E-state index contributed by atoms with van der Waals surface area (Å²) in [4.78, 5) is 34.4. The molecule has 42 heavy (non-hydrogen) atoms. The number of ether oxygens (including phenoxy) is 7. The molecule has 1 fully saturated rings. The molecule has 0 spiro atoms. The van der Waals surface area contributed by atoms with Crippen LogP contribution in [0.3, 0.4) is 0 Å². The Balaban J connectivity index is 1.36. The molecule has 0 aromatic heterocycles. The predicted molar refractivity (Wildman–Crippen MR) is 135 cm³/mol. The van der Waals surface area contributed by atoms with Gasteiger partial charge < -0.3 is 33.2 Å². The van der Waals surface area contributed by atoms with Crippen molar-refractivity contribution in [2.45, 2.75) is 37.9 Å². The minimum absolute atomic E-state index is 0.0134. The molecule has 14 heteroatoms. The summed E-state index contributed by atoms with van der Waals surface area (Å²) in [5.41, 5.74) is -0.326. The van der Waals surface area contributed by atoms with Gasteiger partial charge >= 0.3 is 17.9 Å². The third-order valence-electron chi connectivity index (χ3n) is 5.75. The van der Waals surface area contributed by atoms with Crippen LogP contribution in [0.2, 0.25) is 0 Å². The maximum Gasteiger partial charge on any atom is 0.369 e. The van der Waals surface area contributed by atoms with Crippen molar-refractivity contribution in [3.05, 3.63) is 78.4 Å². The molecule has 0 N–H and O–H groups in total. The van der Waals surface area contributed by atoms with Crippen molar-refractivity contribution in [2.24, 2.45) is 0 Å². The smallest absolute Gasteiger partial charge is 0.369 e. The number of hydrogen-bond donors (Lipinski definition) is 0. The van der Waals surface area contributed by atoms with Gasteiger partial charge in [-0.3, -0.25) is 0 Å². The van der Waals surface area contributed by atoms with Gasteiger partial charge in [0.1, 0.15) is 23.4 Å². The zero-order valence-corrected chi connectivity index (χ0v) is 22.1. The molecule has 1 aliphatic rings. The summed E-state index contributed by atoms with van der Waals surface area (Å²) in [5, 5.41) is 0. The highest BCUT2D eigenvalue weighted by molar-refractivity contribution is 5.90. The van der Waals surface area contributed by atoms with Gasteiger partial charge in [-0.15, -0.1) is 0 Å². The van der Waals surface area contributed by atoms with Crippen LogP contribution in [0.4, 0.5) is 17.6 Å². The highest BCUT2D eigenvalue weighted by Crippen LogP contribution is 2.27. The van der Waals surface area contributed by atoms with Gasteiger partial charge in [0.2, 0.25) is 25.2 Å². The van der Waals surface area contributed by atoms with E-state index in [1.807, 2.05) is 0 Å². The zero-order chi connectivity index (χ0) is 30.6. The van der Waals surface area contributed by atoms with E-state index < -0.39 is 60.9 Å². The maximum atomic E-state index is 14.4. The third-order valence-corrected chi connectivity index (χ3v) is 5.75. The normalized spacial score (nSPS) is 16.1. The summed E-state index contributed by atoms with van der Waals surface area (Å²) in [5.74, 6) is -7.95. The van der Waals surface area contributed by atoms with Crippen molar-refractivity contribution < 1.29 is 65.1 Å². The molecule has 2 aromatic carbocycles. The average molecular weight is 598 g/mol. The first-order valence-electron chi connectivity index (χ1n) is 12.4. The summed E-state index contributed by atoms with van der Waals surface area (Å²) in [7, 11) is 0. The molecule has 2 aromatic rings. The number of esters is 3. The first kappa shape index (κ1) is 31.9. The molecule has 10 nitrogen and oxygen atoms in total. The number of rotatable bonds is 14. The van der Waals surface area contributed by atoms with Crippen LogP contribution in [0.15, 0.2) is 61.2 Å². The van der Waals surface area contributed by atoms with Gasteiger partial charge in [-0.05, 0) is 49.9 Å². The molecule has 1 saturated carbocycles. The van der Waals surface area contributed by atoms with E-state index in [1.165, 1.54) is 18.2 Å². The van der Waals surface area contributed by atoms with Crippen molar-refractivity contribution in [3.63, 3.8) is 0 Å². The number of hydrogen-bond acceptors (Lipinski definition) is 10. The Morgan fingerprint density at radius 3 is 1.76 bits per heavy atom. The lowest BCUT2D eigenvalue weighted by Crippen LogP contribution is -2.29. The molecule has 0 bridgehead atoms. The van der Waals surface area contributed by atoms with Crippen LogP contribution < -0.4 is 14.2 Å². The van der Waals surface area contributed by atoms with Crippen molar-refractivity contribution in [1.29, 1.82) is 0 Å². The SMILES string of the molecule is C=C(F)C(=O)OCOc1ccc(OCOC2CCC(OC(=O)c3ccc(OCOC(=O)C(=C)F)cc3F)CC2)c(F)c1. The Hall–Kier alpha value is -4.59. The molecule has 0 aliphatic heterocycles. The quantitative estimate of drug-likeness (QED) is 0.0944. The summed E-state index contributed by atoms with van der Waals surface area (Å²) in [6.45, 7) is 3.96. The molecule has 0 heterocycles. The first-order valence-corrected chi connectivity index (χ1v) is 12.4. The van der Waals surface area contributed by atoms with Gasteiger partial charge in [-0.25, -0.2) is 23.2 Å². The highest BCUT2D eigenvalue weighted by Gasteiger charge is 2.26. The van der Waals surface area contributed by atoms with E-state index in [0.717, 1.165) is 18.2 Å². The molecule has 1 aliphatic carbocycles. The lowest BCUT2D eigenvalue weighted by Gasteiger charge is -2.28. The fourth-order valence-electron chi connectivity index (χ4n) is 3.62. The molecule has 0 atom stereocenters. The Morgan fingerprint density at radius 1 is 0.714 bits per heavy atom. The topological polar surface area (TPSA) is 116 Å². The summed E-state index contributed by atoms with van der Waals surface area (Å²) >= 11 is 0. The monoisotopic (exact) mass is 598 g/mol. The largest absolute Gasteiger partial charge is 0.464 e. The van der Waals surface area contributed by atoms with Crippen molar-refractivity contribution >= 4 is 17.9 Å². The van der Waals surface area contributed by atoms with Crippen LogP contribution in [-0.4, -0.2) is 50.5 Å². The predicted octanol–water partition coefficient (Wildman–Crippen LogP) is 5.21. The molecule has 3 rings (SSSR count). The number of benzene rings is 2. The zero-order valence-electron chi connectivity index (χ0n) is 22.1. The van der Waals surface area contributed by atoms with Crippen molar-refractivity contribution in [1.82, 2.24) is 0 Å². The number of carbonyl (C=O) groups is 3. The van der Waals surface area contributed by atoms with Gasteiger partial charge in [0.05, 0.1) is 11.7 Å². The Kier molecular flexibility index (Phi) is 11.7. The molecule has 0 saturated heterocycles. The molecule has 0 amide bonds. The van der Waals surface area contributed by atoms with Crippen LogP contribution in [0.25, 0.3) is 0 Å². The Morgan fingerprint density at radius 2 is 1.24 bits per heavy atom. The second kappa shape index (κ2) is 15.4. The van der Waals surface area contributed by atoms with Crippen molar-refractivity contribution in [2.75, 3.05) is 20.4 Å². The second-order valence-electron chi connectivity index (χ2n) is 8.66. The number of carbonyl (C=O) groups excluding carboxylic acids is 3. The third kappa shape index (κ3) is 9.80. The molecular weight excluding hydrogens is 572 g/mol. The van der Waals surface area contributed by atoms with Crippen LogP contribution in [0.1, 0.15) is 36.0 Å².